The van der Waals surface area contributed by atoms with Crippen LogP contribution in [0.5, 0.6) is 0 Å². The number of carbonyl (C=O) groups excluding carboxylic acids is 1. The number of aliphatic imine (C=N–C) groups is 1. The minimum Gasteiger partial charge on any atom is -0.370 e. The van der Waals surface area contributed by atoms with E-state index >= 15 is 0 Å². The van der Waals surface area contributed by atoms with Gasteiger partial charge in [-0.3, -0.25) is 9.79 Å². The Morgan fingerprint density at radius 2 is 2.08 bits per heavy atom. The molecule has 0 spiro atoms. The smallest absolute Gasteiger partial charge is 0.217 e. The molecule has 0 saturated carbocycles. The number of amides is 1. The minimum absolute atomic E-state index is 0.194. The van der Waals surface area contributed by atoms with E-state index in [2.05, 4.69) is 27.0 Å². The third-order valence-electron chi connectivity index (χ3n) is 5.37. The molecule has 6 heteroatoms. The fourth-order valence-electron chi connectivity index (χ4n) is 4.01. The van der Waals surface area contributed by atoms with Crippen LogP contribution < -0.4 is 11.1 Å². The third-order valence-corrected chi connectivity index (χ3v) is 5.37. The predicted molar refractivity (Wildman–Crippen MR) is 99.0 cm³/mol. The second-order valence-corrected chi connectivity index (χ2v) is 7.33. The van der Waals surface area contributed by atoms with Crippen molar-refractivity contribution in [2.24, 2.45) is 16.6 Å². The number of guanidine groups is 1. The van der Waals surface area contributed by atoms with Gasteiger partial charge in [0.25, 0.3) is 0 Å². The summed E-state index contributed by atoms with van der Waals surface area (Å²) in [5, 5.41) is 3.50. The van der Waals surface area contributed by atoms with Crippen molar-refractivity contribution in [2.45, 2.75) is 57.9 Å². The molecule has 138 valence electrons. The first kappa shape index (κ1) is 19.0. The zero-order chi connectivity index (χ0) is 17.4. The van der Waals surface area contributed by atoms with E-state index in [4.69, 9.17) is 5.73 Å². The molecule has 0 aromatic carbocycles. The number of nitrogens with one attached hydrogen (secondary N) is 1. The van der Waals surface area contributed by atoms with Gasteiger partial charge in [-0.1, -0.05) is 6.42 Å². The van der Waals surface area contributed by atoms with E-state index in [9.17, 15) is 4.79 Å². The van der Waals surface area contributed by atoms with Gasteiger partial charge >= 0.3 is 0 Å². The van der Waals surface area contributed by atoms with E-state index < -0.39 is 0 Å². The molecule has 3 N–H and O–H groups in total. The van der Waals surface area contributed by atoms with Crippen molar-refractivity contribution in [2.75, 3.05) is 39.8 Å². The summed E-state index contributed by atoms with van der Waals surface area (Å²) in [6, 6.07) is 0.731. The highest BCUT2D eigenvalue weighted by atomic mass is 16.1. The average molecular weight is 338 g/mol. The van der Waals surface area contributed by atoms with Gasteiger partial charge in [0, 0.05) is 45.7 Å². The highest BCUT2D eigenvalue weighted by Crippen LogP contribution is 2.19. The Balaban J connectivity index is 1.70. The van der Waals surface area contributed by atoms with Crippen LogP contribution in [0, 0.1) is 5.92 Å². The number of carbonyl (C=O) groups is 1. The molecule has 0 aromatic heterocycles. The summed E-state index contributed by atoms with van der Waals surface area (Å²) in [6.07, 6.45) is 7.87. The molecular weight excluding hydrogens is 302 g/mol. The number of nitrogens with zero attached hydrogens (tertiary/aromatic N) is 3. The quantitative estimate of drug-likeness (QED) is 0.437. The van der Waals surface area contributed by atoms with E-state index in [0.717, 1.165) is 57.4 Å². The lowest BCUT2D eigenvalue weighted by Crippen LogP contribution is -2.47. The molecule has 0 radical (unpaired) electrons. The molecule has 0 bridgehead atoms. The topological polar surface area (TPSA) is 74.0 Å². The van der Waals surface area contributed by atoms with E-state index in [1.165, 1.54) is 25.8 Å². The average Bonchev–Trinajstić information content (AvgIpc) is 2.56. The molecule has 6 nitrogen and oxygen atoms in total. The SMILES string of the molecule is CN=C(NCCCN1CCCCC1C)N1CCCC(CC(N)=O)C1. The highest BCUT2D eigenvalue weighted by Gasteiger charge is 2.23. The van der Waals surface area contributed by atoms with Crippen molar-refractivity contribution < 1.29 is 4.79 Å². The molecule has 2 aliphatic heterocycles. The number of hydrogen-bond donors (Lipinski definition) is 2. The summed E-state index contributed by atoms with van der Waals surface area (Å²) < 4.78 is 0. The zero-order valence-electron chi connectivity index (χ0n) is 15.5. The van der Waals surface area contributed by atoms with Gasteiger partial charge in [0.2, 0.25) is 5.91 Å². The van der Waals surface area contributed by atoms with Crippen molar-refractivity contribution >= 4 is 11.9 Å². The monoisotopic (exact) mass is 337 g/mol. The number of piperidine rings is 2. The van der Waals surface area contributed by atoms with E-state index in [0.29, 0.717) is 12.3 Å². The van der Waals surface area contributed by atoms with Crippen LogP contribution >= 0.6 is 0 Å². The molecule has 2 fully saturated rings. The normalized spacial score (nSPS) is 26.4. The highest BCUT2D eigenvalue weighted by molar-refractivity contribution is 5.80. The minimum atomic E-state index is -0.194. The fourth-order valence-corrected chi connectivity index (χ4v) is 4.01. The van der Waals surface area contributed by atoms with Gasteiger partial charge in [0.15, 0.2) is 5.96 Å². The Kier molecular flexibility index (Phi) is 7.82. The summed E-state index contributed by atoms with van der Waals surface area (Å²) in [5.74, 6) is 1.14. The van der Waals surface area contributed by atoms with Crippen molar-refractivity contribution in [1.29, 1.82) is 0 Å². The lowest BCUT2D eigenvalue weighted by molar-refractivity contribution is -0.119. The maximum Gasteiger partial charge on any atom is 0.217 e. The number of likely N-dealkylation sites (tertiary alicyclic amines) is 2. The Labute approximate surface area is 146 Å². The Bertz CT molecular complexity index is 426. The fraction of sp³-hybridized carbons (Fsp3) is 0.889. The van der Waals surface area contributed by atoms with E-state index in [1.807, 2.05) is 7.05 Å². The molecule has 2 unspecified atom stereocenters. The van der Waals surface area contributed by atoms with Gasteiger partial charge in [-0.2, -0.15) is 0 Å². The zero-order valence-corrected chi connectivity index (χ0v) is 15.5. The summed E-state index contributed by atoms with van der Waals surface area (Å²) in [4.78, 5) is 20.5. The number of rotatable bonds is 6. The van der Waals surface area contributed by atoms with Gasteiger partial charge in [-0.15, -0.1) is 0 Å². The Hall–Kier alpha value is -1.30. The Morgan fingerprint density at radius 1 is 1.25 bits per heavy atom. The van der Waals surface area contributed by atoms with Gasteiger partial charge < -0.3 is 20.9 Å². The predicted octanol–water partition coefficient (Wildman–Crippen LogP) is 1.41. The number of hydrogen-bond acceptors (Lipinski definition) is 3. The standard InChI is InChI=1S/C18H35N5O/c1-15-7-3-4-10-22(15)12-6-9-21-18(20-2)23-11-5-8-16(14-23)13-17(19)24/h15-16H,3-14H2,1-2H3,(H2,19,24)(H,20,21). The van der Waals surface area contributed by atoms with Crippen molar-refractivity contribution in [3.8, 4) is 0 Å². The largest absolute Gasteiger partial charge is 0.370 e. The Morgan fingerprint density at radius 3 is 2.79 bits per heavy atom. The van der Waals surface area contributed by atoms with Crippen LogP contribution in [0.1, 0.15) is 51.9 Å². The molecular formula is C18H35N5O. The van der Waals surface area contributed by atoms with Crippen LogP contribution in [0.15, 0.2) is 4.99 Å². The van der Waals surface area contributed by atoms with Crippen LogP contribution in [-0.4, -0.2) is 67.5 Å². The van der Waals surface area contributed by atoms with Crippen molar-refractivity contribution in [1.82, 2.24) is 15.1 Å². The van der Waals surface area contributed by atoms with Gasteiger partial charge in [0.1, 0.15) is 0 Å². The molecule has 0 aromatic rings. The molecule has 2 heterocycles. The van der Waals surface area contributed by atoms with Crippen LogP contribution in [0.4, 0.5) is 0 Å². The maximum atomic E-state index is 11.2. The molecule has 1 amide bonds. The summed E-state index contributed by atoms with van der Waals surface area (Å²) in [7, 11) is 1.84. The number of primary amides is 1. The second-order valence-electron chi connectivity index (χ2n) is 7.33. The molecule has 2 atom stereocenters. The second kappa shape index (κ2) is 9.87. The lowest BCUT2D eigenvalue weighted by Gasteiger charge is -2.35. The van der Waals surface area contributed by atoms with Gasteiger partial charge in [-0.25, -0.2) is 0 Å². The first-order chi connectivity index (χ1) is 11.6. The van der Waals surface area contributed by atoms with Crippen molar-refractivity contribution in [3.63, 3.8) is 0 Å². The van der Waals surface area contributed by atoms with E-state index in [1.54, 1.807) is 0 Å². The maximum absolute atomic E-state index is 11.2. The molecule has 0 aliphatic carbocycles. The molecule has 2 saturated heterocycles. The van der Waals surface area contributed by atoms with Crippen LogP contribution in [0.3, 0.4) is 0 Å². The first-order valence-corrected chi connectivity index (χ1v) is 9.58. The number of nitrogens with two attached hydrogens (primary N) is 1. The molecule has 2 rings (SSSR count). The molecule has 24 heavy (non-hydrogen) atoms. The summed E-state index contributed by atoms with van der Waals surface area (Å²) >= 11 is 0. The van der Waals surface area contributed by atoms with E-state index in [-0.39, 0.29) is 5.91 Å². The summed E-state index contributed by atoms with van der Waals surface area (Å²) in [5.41, 5.74) is 5.35. The van der Waals surface area contributed by atoms with Crippen LogP contribution in [-0.2, 0) is 4.79 Å². The molecule has 2 aliphatic rings. The first-order valence-electron chi connectivity index (χ1n) is 9.58. The van der Waals surface area contributed by atoms with Crippen LogP contribution in [0.25, 0.3) is 0 Å². The lowest BCUT2D eigenvalue weighted by atomic mass is 9.95. The van der Waals surface area contributed by atoms with Gasteiger partial charge in [0.05, 0.1) is 0 Å². The van der Waals surface area contributed by atoms with Crippen LogP contribution in [0.2, 0.25) is 0 Å². The van der Waals surface area contributed by atoms with Gasteiger partial charge in [-0.05, 0) is 51.5 Å². The third kappa shape index (κ3) is 5.96. The van der Waals surface area contributed by atoms with Crippen molar-refractivity contribution in [3.05, 3.63) is 0 Å². The summed E-state index contributed by atoms with van der Waals surface area (Å²) in [6.45, 7) is 7.60.